The monoisotopic (exact) mass is 295 g/mol. The van der Waals surface area contributed by atoms with Crippen LogP contribution in [0.4, 0.5) is 0 Å². The topological polar surface area (TPSA) is 67.0 Å². The second-order valence-electron chi connectivity index (χ2n) is 4.94. The first-order valence-electron chi connectivity index (χ1n) is 7.12. The number of H-pyrrole nitrogens is 1. The van der Waals surface area contributed by atoms with Crippen molar-refractivity contribution in [2.75, 3.05) is 13.7 Å². The molecule has 2 aromatic carbocycles. The quantitative estimate of drug-likeness (QED) is 0.760. The number of carbonyl (C=O) groups excluding carboxylic acids is 1. The van der Waals surface area contributed by atoms with Gasteiger partial charge in [-0.05, 0) is 24.3 Å². The number of methoxy groups -OCH3 is 1. The lowest BCUT2D eigenvalue weighted by Crippen LogP contribution is -2.25. The number of ether oxygens (including phenoxy) is 1. The van der Waals surface area contributed by atoms with Crippen LogP contribution in [0.3, 0.4) is 0 Å². The maximum absolute atomic E-state index is 11.9. The molecular weight excluding hydrogens is 278 g/mol. The van der Waals surface area contributed by atoms with Crippen LogP contribution in [0, 0.1) is 0 Å². The molecule has 0 aliphatic rings. The molecule has 0 saturated heterocycles. The molecule has 0 fully saturated rings. The zero-order valence-electron chi connectivity index (χ0n) is 12.3. The zero-order chi connectivity index (χ0) is 15.4. The highest BCUT2D eigenvalue weighted by Gasteiger charge is 2.06. The summed E-state index contributed by atoms with van der Waals surface area (Å²) in [7, 11) is 1.64. The van der Waals surface area contributed by atoms with Crippen LogP contribution in [0.15, 0.2) is 48.5 Å². The smallest absolute Gasteiger partial charge is 0.251 e. The number of rotatable bonds is 5. The van der Waals surface area contributed by atoms with Crippen LogP contribution in [0.2, 0.25) is 0 Å². The molecule has 0 atom stereocenters. The first-order chi connectivity index (χ1) is 10.8. The van der Waals surface area contributed by atoms with Gasteiger partial charge in [0.05, 0.1) is 18.1 Å². The summed E-state index contributed by atoms with van der Waals surface area (Å²) in [6.45, 7) is 0.532. The summed E-state index contributed by atoms with van der Waals surface area (Å²) in [4.78, 5) is 19.7. The number of hydrogen-bond acceptors (Lipinski definition) is 3. The maximum Gasteiger partial charge on any atom is 0.251 e. The van der Waals surface area contributed by atoms with Crippen LogP contribution < -0.4 is 10.1 Å². The predicted octanol–water partition coefficient (Wildman–Crippen LogP) is 2.54. The fourth-order valence-corrected chi connectivity index (χ4v) is 2.27. The van der Waals surface area contributed by atoms with Crippen molar-refractivity contribution in [3.63, 3.8) is 0 Å². The minimum absolute atomic E-state index is 0.0709. The number of aromatic amines is 1. The number of nitrogens with zero attached hydrogens (tertiary/aromatic N) is 1. The third-order valence-electron chi connectivity index (χ3n) is 3.42. The van der Waals surface area contributed by atoms with Gasteiger partial charge in [0.2, 0.25) is 0 Å². The summed E-state index contributed by atoms with van der Waals surface area (Å²) in [5.41, 5.74) is 2.49. The molecule has 3 rings (SSSR count). The molecule has 1 amide bonds. The standard InChI is InChI=1S/C17H17N3O2/c1-22-13-7-8-14-15(11-13)20-16(19-14)9-10-18-17(21)12-5-3-2-4-6-12/h2-8,11H,9-10H2,1H3,(H,18,21)(H,19,20). The fourth-order valence-electron chi connectivity index (χ4n) is 2.27. The molecule has 0 aliphatic heterocycles. The summed E-state index contributed by atoms with van der Waals surface area (Å²) < 4.78 is 5.19. The van der Waals surface area contributed by atoms with Crippen molar-refractivity contribution in [2.24, 2.45) is 0 Å². The lowest BCUT2D eigenvalue weighted by Gasteiger charge is -2.03. The Balaban J connectivity index is 1.61. The van der Waals surface area contributed by atoms with Gasteiger partial charge >= 0.3 is 0 Å². The minimum atomic E-state index is -0.0709. The van der Waals surface area contributed by atoms with Crippen molar-refractivity contribution in [3.8, 4) is 5.75 Å². The third-order valence-corrected chi connectivity index (χ3v) is 3.42. The van der Waals surface area contributed by atoms with Crippen molar-refractivity contribution >= 4 is 16.9 Å². The van der Waals surface area contributed by atoms with E-state index < -0.39 is 0 Å². The van der Waals surface area contributed by atoms with Crippen molar-refractivity contribution in [3.05, 3.63) is 59.9 Å². The molecule has 3 aromatic rings. The highest BCUT2D eigenvalue weighted by molar-refractivity contribution is 5.94. The largest absolute Gasteiger partial charge is 0.497 e. The molecule has 0 saturated carbocycles. The second kappa shape index (κ2) is 6.30. The Morgan fingerprint density at radius 3 is 2.82 bits per heavy atom. The van der Waals surface area contributed by atoms with Crippen LogP contribution >= 0.6 is 0 Å². The van der Waals surface area contributed by atoms with E-state index in [9.17, 15) is 4.79 Å². The first kappa shape index (κ1) is 14.1. The molecule has 5 nitrogen and oxygen atoms in total. The number of carbonyl (C=O) groups is 1. The lowest BCUT2D eigenvalue weighted by atomic mass is 10.2. The van der Waals surface area contributed by atoms with Crippen LogP contribution in [0.5, 0.6) is 5.75 Å². The molecule has 22 heavy (non-hydrogen) atoms. The Morgan fingerprint density at radius 2 is 2.05 bits per heavy atom. The number of imidazole rings is 1. The van der Waals surface area contributed by atoms with Gasteiger partial charge in [-0.2, -0.15) is 0 Å². The van der Waals surface area contributed by atoms with E-state index in [1.165, 1.54) is 0 Å². The van der Waals surface area contributed by atoms with Gasteiger partial charge in [0.15, 0.2) is 0 Å². The number of fused-ring (bicyclic) bond motifs is 1. The summed E-state index contributed by atoms with van der Waals surface area (Å²) in [6.07, 6.45) is 0.648. The SMILES string of the molecule is COc1ccc2nc(CCNC(=O)c3ccccc3)[nH]c2c1. The summed E-state index contributed by atoms with van der Waals surface area (Å²) in [6, 6.07) is 14.9. The fraction of sp³-hybridized carbons (Fsp3) is 0.176. The number of aromatic nitrogens is 2. The summed E-state index contributed by atoms with van der Waals surface area (Å²) >= 11 is 0. The van der Waals surface area contributed by atoms with E-state index in [1.807, 2.05) is 36.4 Å². The summed E-state index contributed by atoms with van der Waals surface area (Å²) in [5, 5.41) is 2.89. The molecule has 0 spiro atoms. The van der Waals surface area contributed by atoms with Gasteiger partial charge < -0.3 is 15.0 Å². The van der Waals surface area contributed by atoms with E-state index >= 15 is 0 Å². The minimum Gasteiger partial charge on any atom is -0.497 e. The van der Waals surface area contributed by atoms with E-state index in [-0.39, 0.29) is 5.91 Å². The number of hydrogen-bond donors (Lipinski definition) is 2. The number of benzene rings is 2. The van der Waals surface area contributed by atoms with Gasteiger partial charge in [0, 0.05) is 24.6 Å². The molecule has 1 heterocycles. The van der Waals surface area contributed by atoms with Crippen molar-refractivity contribution in [1.29, 1.82) is 0 Å². The number of amides is 1. The van der Waals surface area contributed by atoms with Gasteiger partial charge in [-0.1, -0.05) is 18.2 Å². The van der Waals surface area contributed by atoms with Crippen molar-refractivity contribution < 1.29 is 9.53 Å². The lowest BCUT2D eigenvalue weighted by molar-refractivity contribution is 0.0954. The highest BCUT2D eigenvalue weighted by Crippen LogP contribution is 2.18. The van der Waals surface area contributed by atoms with Gasteiger partial charge in [-0.15, -0.1) is 0 Å². The van der Waals surface area contributed by atoms with Crippen LogP contribution in [0.25, 0.3) is 11.0 Å². The van der Waals surface area contributed by atoms with Crippen LogP contribution in [-0.2, 0) is 6.42 Å². The maximum atomic E-state index is 11.9. The Labute approximate surface area is 128 Å². The Bertz CT molecular complexity index is 781. The van der Waals surface area contributed by atoms with Crippen LogP contribution in [-0.4, -0.2) is 29.5 Å². The molecule has 1 aromatic heterocycles. The van der Waals surface area contributed by atoms with Crippen molar-refractivity contribution in [1.82, 2.24) is 15.3 Å². The van der Waals surface area contributed by atoms with Gasteiger partial charge in [0.1, 0.15) is 11.6 Å². The molecule has 112 valence electrons. The Hall–Kier alpha value is -2.82. The Kier molecular flexibility index (Phi) is 4.05. The van der Waals surface area contributed by atoms with E-state index in [1.54, 1.807) is 19.2 Å². The normalized spacial score (nSPS) is 10.6. The van der Waals surface area contributed by atoms with Gasteiger partial charge in [-0.3, -0.25) is 4.79 Å². The molecule has 0 radical (unpaired) electrons. The predicted molar refractivity (Wildman–Crippen MR) is 85.1 cm³/mol. The van der Waals surface area contributed by atoms with Crippen molar-refractivity contribution in [2.45, 2.75) is 6.42 Å². The molecule has 5 heteroatoms. The molecule has 0 unspecified atom stereocenters. The molecule has 2 N–H and O–H groups in total. The van der Waals surface area contributed by atoms with Gasteiger partial charge in [-0.25, -0.2) is 4.98 Å². The molecular formula is C17H17N3O2. The second-order valence-corrected chi connectivity index (χ2v) is 4.94. The number of nitrogens with one attached hydrogen (secondary N) is 2. The summed E-state index contributed by atoms with van der Waals surface area (Å²) in [5.74, 6) is 1.56. The van der Waals surface area contributed by atoms with E-state index in [2.05, 4.69) is 15.3 Å². The highest BCUT2D eigenvalue weighted by atomic mass is 16.5. The first-order valence-corrected chi connectivity index (χ1v) is 7.12. The molecule has 0 aliphatic carbocycles. The average Bonchev–Trinajstić information content (AvgIpc) is 2.97. The van der Waals surface area contributed by atoms with Crippen LogP contribution in [0.1, 0.15) is 16.2 Å². The third kappa shape index (κ3) is 3.09. The Morgan fingerprint density at radius 1 is 1.23 bits per heavy atom. The van der Waals surface area contributed by atoms with E-state index in [0.29, 0.717) is 18.5 Å². The average molecular weight is 295 g/mol. The van der Waals surface area contributed by atoms with E-state index in [0.717, 1.165) is 22.6 Å². The molecule has 0 bridgehead atoms. The zero-order valence-corrected chi connectivity index (χ0v) is 12.3. The van der Waals surface area contributed by atoms with E-state index in [4.69, 9.17) is 4.74 Å². The van der Waals surface area contributed by atoms with Gasteiger partial charge in [0.25, 0.3) is 5.91 Å².